The standard InChI is InChI=1S/C10H12N4O/c1-12-10(11)14-6-9(15)13-7-4-2-3-5-8(7)14/h2-5H,6H2,1H3,(H2,11,12)(H,13,15). The monoisotopic (exact) mass is 204 g/mol. The average molecular weight is 204 g/mol. The second kappa shape index (κ2) is 3.61. The van der Waals surface area contributed by atoms with Crippen LogP contribution in [0.1, 0.15) is 0 Å². The molecule has 0 aromatic heterocycles. The summed E-state index contributed by atoms with van der Waals surface area (Å²) >= 11 is 0. The lowest BCUT2D eigenvalue weighted by molar-refractivity contribution is -0.115. The largest absolute Gasteiger partial charge is 0.370 e. The highest BCUT2D eigenvalue weighted by molar-refractivity contribution is 6.10. The number of para-hydroxylation sites is 2. The zero-order valence-electron chi connectivity index (χ0n) is 8.40. The Bertz CT molecular complexity index is 427. The molecule has 1 aromatic carbocycles. The summed E-state index contributed by atoms with van der Waals surface area (Å²) < 4.78 is 0. The Morgan fingerprint density at radius 2 is 2.27 bits per heavy atom. The fourth-order valence-corrected chi connectivity index (χ4v) is 1.56. The van der Waals surface area contributed by atoms with Crippen molar-refractivity contribution < 1.29 is 4.79 Å². The van der Waals surface area contributed by atoms with E-state index >= 15 is 0 Å². The van der Waals surface area contributed by atoms with Gasteiger partial charge in [0.15, 0.2) is 5.96 Å². The third kappa shape index (κ3) is 1.63. The number of rotatable bonds is 0. The van der Waals surface area contributed by atoms with Gasteiger partial charge in [0.25, 0.3) is 0 Å². The van der Waals surface area contributed by atoms with Crippen LogP contribution in [0.4, 0.5) is 11.4 Å². The maximum absolute atomic E-state index is 11.4. The van der Waals surface area contributed by atoms with Crippen LogP contribution in [0.25, 0.3) is 0 Å². The van der Waals surface area contributed by atoms with E-state index in [-0.39, 0.29) is 12.5 Å². The molecule has 1 amide bonds. The van der Waals surface area contributed by atoms with Crippen molar-refractivity contribution in [1.82, 2.24) is 0 Å². The Morgan fingerprint density at radius 1 is 1.53 bits per heavy atom. The Labute approximate surface area is 87.6 Å². The summed E-state index contributed by atoms with van der Waals surface area (Å²) in [7, 11) is 1.60. The van der Waals surface area contributed by atoms with Crippen LogP contribution < -0.4 is 16.0 Å². The lowest BCUT2D eigenvalue weighted by Crippen LogP contribution is -2.45. The topological polar surface area (TPSA) is 70.7 Å². The molecule has 0 atom stereocenters. The molecule has 1 aromatic rings. The molecule has 1 heterocycles. The number of nitrogens with one attached hydrogen (secondary N) is 1. The van der Waals surface area contributed by atoms with E-state index in [1.807, 2.05) is 24.3 Å². The quantitative estimate of drug-likeness (QED) is 0.474. The normalized spacial score (nSPS) is 15.9. The molecule has 5 nitrogen and oxygen atoms in total. The number of benzene rings is 1. The number of anilines is 2. The predicted molar refractivity (Wildman–Crippen MR) is 60.0 cm³/mol. The fraction of sp³-hybridized carbons (Fsp3) is 0.200. The molecule has 2 rings (SSSR count). The minimum Gasteiger partial charge on any atom is -0.370 e. The first-order valence-corrected chi connectivity index (χ1v) is 4.61. The maximum atomic E-state index is 11.4. The van der Waals surface area contributed by atoms with Gasteiger partial charge in [-0.2, -0.15) is 0 Å². The molecular weight excluding hydrogens is 192 g/mol. The number of guanidine groups is 1. The number of hydrogen-bond donors (Lipinski definition) is 2. The van der Waals surface area contributed by atoms with Crippen LogP contribution in [0.15, 0.2) is 29.3 Å². The number of nitrogens with zero attached hydrogens (tertiary/aromatic N) is 2. The molecule has 0 radical (unpaired) electrons. The van der Waals surface area contributed by atoms with E-state index in [2.05, 4.69) is 10.3 Å². The lowest BCUT2D eigenvalue weighted by atomic mass is 10.2. The van der Waals surface area contributed by atoms with Crippen LogP contribution in [-0.4, -0.2) is 25.5 Å². The molecule has 78 valence electrons. The first-order chi connectivity index (χ1) is 7.22. The summed E-state index contributed by atoms with van der Waals surface area (Å²) in [5, 5.41) is 2.78. The average Bonchev–Trinajstić information content (AvgIpc) is 2.26. The number of nitrogens with two attached hydrogens (primary N) is 1. The molecule has 0 fully saturated rings. The van der Waals surface area contributed by atoms with Crippen LogP contribution in [-0.2, 0) is 4.79 Å². The number of fused-ring (bicyclic) bond motifs is 1. The molecule has 3 N–H and O–H groups in total. The third-order valence-electron chi connectivity index (χ3n) is 2.28. The van der Waals surface area contributed by atoms with Crippen molar-refractivity contribution in [2.75, 3.05) is 23.8 Å². The third-order valence-corrected chi connectivity index (χ3v) is 2.28. The summed E-state index contributed by atoms with van der Waals surface area (Å²) in [4.78, 5) is 17.0. The van der Waals surface area contributed by atoms with Gasteiger partial charge in [-0.3, -0.25) is 9.79 Å². The predicted octanol–water partition coefficient (Wildman–Crippen LogP) is 0.390. The van der Waals surface area contributed by atoms with E-state index in [0.717, 1.165) is 11.4 Å². The summed E-state index contributed by atoms with van der Waals surface area (Å²) in [6.07, 6.45) is 0. The number of carbonyl (C=O) groups is 1. The van der Waals surface area contributed by atoms with Crippen LogP contribution in [0.2, 0.25) is 0 Å². The molecule has 0 unspecified atom stereocenters. The van der Waals surface area contributed by atoms with Gasteiger partial charge in [0, 0.05) is 7.05 Å². The Morgan fingerprint density at radius 3 is 3.00 bits per heavy atom. The van der Waals surface area contributed by atoms with Gasteiger partial charge in [-0.1, -0.05) is 12.1 Å². The molecule has 1 aliphatic rings. The van der Waals surface area contributed by atoms with Crippen LogP contribution in [0.3, 0.4) is 0 Å². The molecule has 0 aliphatic carbocycles. The zero-order chi connectivity index (χ0) is 10.8. The van der Waals surface area contributed by atoms with E-state index in [1.165, 1.54) is 0 Å². The van der Waals surface area contributed by atoms with Gasteiger partial charge in [-0.15, -0.1) is 0 Å². The Balaban J connectivity index is 2.47. The van der Waals surface area contributed by atoms with Gasteiger partial charge in [0.1, 0.15) is 6.54 Å². The first-order valence-electron chi connectivity index (χ1n) is 4.61. The van der Waals surface area contributed by atoms with E-state index in [9.17, 15) is 4.79 Å². The van der Waals surface area contributed by atoms with Crippen LogP contribution in [0.5, 0.6) is 0 Å². The summed E-state index contributed by atoms with van der Waals surface area (Å²) in [5.74, 6) is 0.262. The van der Waals surface area contributed by atoms with Gasteiger partial charge < -0.3 is 16.0 Å². The van der Waals surface area contributed by atoms with Crippen molar-refractivity contribution in [3.05, 3.63) is 24.3 Å². The van der Waals surface area contributed by atoms with Gasteiger partial charge in [0.05, 0.1) is 11.4 Å². The first kappa shape index (κ1) is 9.51. The smallest absolute Gasteiger partial charge is 0.244 e. The van der Waals surface area contributed by atoms with E-state index in [1.54, 1.807) is 11.9 Å². The number of amides is 1. The molecule has 0 bridgehead atoms. The minimum absolute atomic E-state index is 0.0831. The highest BCUT2D eigenvalue weighted by atomic mass is 16.2. The van der Waals surface area contributed by atoms with E-state index < -0.39 is 0 Å². The van der Waals surface area contributed by atoms with Gasteiger partial charge in [-0.05, 0) is 12.1 Å². The van der Waals surface area contributed by atoms with Gasteiger partial charge >= 0.3 is 0 Å². The van der Waals surface area contributed by atoms with Gasteiger partial charge in [-0.25, -0.2) is 0 Å². The molecule has 0 saturated carbocycles. The highest BCUT2D eigenvalue weighted by Gasteiger charge is 2.23. The molecule has 15 heavy (non-hydrogen) atoms. The number of carbonyl (C=O) groups excluding carboxylic acids is 1. The second-order valence-electron chi connectivity index (χ2n) is 3.23. The second-order valence-corrected chi connectivity index (χ2v) is 3.23. The van der Waals surface area contributed by atoms with Crippen molar-refractivity contribution >= 4 is 23.2 Å². The highest BCUT2D eigenvalue weighted by Crippen LogP contribution is 2.28. The molecule has 0 saturated heterocycles. The SMILES string of the molecule is CN=C(N)N1CC(=O)Nc2ccccc21. The van der Waals surface area contributed by atoms with Crippen molar-refractivity contribution in [3.8, 4) is 0 Å². The van der Waals surface area contributed by atoms with Crippen LogP contribution in [0, 0.1) is 0 Å². The lowest BCUT2D eigenvalue weighted by Gasteiger charge is -2.29. The maximum Gasteiger partial charge on any atom is 0.244 e. The molecule has 5 heteroatoms. The van der Waals surface area contributed by atoms with Gasteiger partial charge in [0.2, 0.25) is 5.91 Å². The van der Waals surface area contributed by atoms with Crippen molar-refractivity contribution in [2.45, 2.75) is 0 Å². The molecular formula is C10H12N4O. The van der Waals surface area contributed by atoms with E-state index in [4.69, 9.17) is 5.73 Å². The fourth-order valence-electron chi connectivity index (χ4n) is 1.56. The van der Waals surface area contributed by atoms with Crippen molar-refractivity contribution in [3.63, 3.8) is 0 Å². The number of aliphatic imine (C=N–C) groups is 1. The summed E-state index contributed by atoms with van der Waals surface area (Å²) in [6.45, 7) is 0.209. The van der Waals surface area contributed by atoms with E-state index in [0.29, 0.717) is 5.96 Å². The van der Waals surface area contributed by atoms with Crippen molar-refractivity contribution in [2.24, 2.45) is 10.7 Å². The zero-order valence-corrected chi connectivity index (χ0v) is 8.40. The van der Waals surface area contributed by atoms with Crippen LogP contribution >= 0.6 is 0 Å². The minimum atomic E-state index is -0.0831. The number of hydrogen-bond acceptors (Lipinski definition) is 2. The summed E-state index contributed by atoms with van der Waals surface area (Å²) in [6, 6.07) is 7.49. The Hall–Kier alpha value is -2.04. The van der Waals surface area contributed by atoms with Crippen molar-refractivity contribution in [1.29, 1.82) is 0 Å². The Kier molecular flexibility index (Phi) is 2.29. The summed E-state index contributed by atoms with van der Waals surface area (Å²) in [5.41, 5.74) is 7.36. The molecule has 0 spiro atoms. The molecule has 1 aliphatic heterocycles.